The summed E-state index contributed by atoms with van der Waals surface area (Å²) in [5.74, 6) is 0.544. The van der Waals surface area contributed by atoms with Gasteiger partial charge in [0.1, 0.15) is 17.0 Å². The minimum atomic E-state index is -0.538. The summed E-state index contributed by atoms with van der Waals surface area (Å²) in [5.41, 5.74) is 2.94. The van der Waals surface area contributed by atoms with Crippen LogP contribution in [0.2, 0.25) is 0 Å². The van der Waals surface area contributed by atoms with E-state index in [0.29, 0.717) is 28.9 Å². The zero-order valence-corrected chi connectivity index (χ0v) is 18.0. The highest BCUT2D eigenvalue weighted by atomic mass is 16.6. The molecule has 0 spiro atoms. The number of nitrogens with zero attached hydrogens (tertiary/aromatic N) is 3. The number of aromatic amines is 1. The molecule has 1 aliphatic rings. The van der Waals surface area contributed by atoms with E-state index in [1.807, 2.05) is 26.8 Å². The molecule has 1 atom stereocenters. The van der Waals surface area contributed by atoms with Gasteiger partial charge < -0.3 is 19.8 Å². The van der Waals surface area contributed by atoms with E-state index < -0.39 is 11.7 Å². The second kappa shape index (κ2) is 7.98. The zero-order chi connectivity index (χ0) is 22.2. The second-order valence-corrected chi connectivity index (χ2v) is 8.58. The number of carbonyl (C=O) groups is 1. The van der Waals surface area contributed by atoms with Gasteiger partial charge in [-0.25, -0.2) is 14.8 Å². The molecule has 9 heteroatoms. The Balaban J connectivity index is 1.55. The Morgan fingerprint density at radius 3 is 2.77 bits per heavy atom. The van der Waals surface area contributed by atoms with E-state index in [1.54, 1.807) is 18.5 Å². The third-order valence-corrected chi connectivity index (χ3v) is 5.01. The van der Waals surface area contributed by atoms with Crippen LogP contribution in [0.3, 0.4) is 0 Å². The first-order valence-electron chi connectivity index (χ1n) is 10.1. The summed E-state index contributed by atoms with van der Waals surface area (Å²) in [6.07, 6.45) is 4.88. The van der Waals surface area contributed by atoms with Crippen molar-refractivity contribution in [3.63, 3.8) is 0 Å². The number of ether oxygens (including phenoxy) is 2. The Kier molecular flexibility index (Phi) is 5.34. The lowest BCUT2D eigenvalue weighted by Gasteiger charge is -2.27. The van der Waals surface area contributed by atoms with Crippen LogP contribution in [0.25, 0.3) is 22.4 Å². The molecule has 3 aromatic rings. The molecular weight excluding hydrogens is 398 g/mol. The number of amides is 1. The number of fused-ring (bicyclic) bond motifs is 2. The lowest BCUT2D eigenvalue weighted by molar-refractivity contribution is 0.0500. The number of methoxy groups -OCH3 is 1. The van der Waals surface area contributed by atoms with Crippen molar-refractivity contribution in [1.82, 2.24) is 25.3 Å². The van der Waals surface area contributed by atoms with Gasteiger partial charge in [0.25, 0.3) is 5.56 Å². The maximum absolute atomic E-state index is 12.6. The van der Waals surface area contributed by atoms with Gasteiger partial charge in [-0.15, -0.1) is 0 Å². The number of aromatic nitrogens is 4. The van der Waals surface area contributed by atoms with E-state index >= 15 is 0 Å². The molecule has 1 unspecified atom stereocenters. The van der Waals surface area contributed by atoms with Crippen LogP contribution in [0.15, 0.2) is 29.3 Å². The van der Waals surface area contributed by atoms with Crippen LogP contribution in [-0.4, -0.2) is 44.8 Å². The smallest absolute Gasteiger partial charge is 0.407 e. The maximum atomic E-state index is 12.6. The fourth-order valence-electron chi connectivity index (χ4n) is 3.60. The van der Waals surface area contributed by atoms with Gasteiger partial charge in [-0.05, 0) is 45.2 Å². The molecule has 0 fully saturated rings. The van der Waals surface area contributed by atoms with Crippen molar-refractivity contribution in [3.8, 4) is 17.0 Å². The Bertz CT molecular complexity index is 1200. The number of carbonyl (C=O) groups excluding carboxylic acids is 1. The van der Waals surface area contributed by atoms with Gasteiger partial charge in [-0.3, -0.25) is 9.78 Å². The van der Waals surface area contributed by atoms with Crippen molar-refractivity contribution < 1.29 is 14.3 Å². The summed E-state index contributed by atoms with van der Waals surface area (Å²) in [5, 5.41) is 2.91. The molecule has 0 radical (unpaired) electrons. The second-order valence-electron chi connectivity index (χ2n) is 8.58. The molecule has 0 bridgehead atoms. The highest BCUT2D eigenvalue weighted by Gasteiger charge is 2.25. The molecule has 9 nitrogen and oxygen atoms in total. The molecule has 3 heterocycles. The number of hydrogen-bond donors (Lipinski definition) is 2. The first-order chi connectivity index (χ1) is 14.7. The highest BCUT2D eigenvalue weighted by molar-refractivity contribution is 5.74. The molecule has 2 N–H and O–H groups in total. The van der Waals surface area contributed by atoms with Crippen molar-refractivity contribution in [2.24, 2.45) is 0 Å². The number of hydrogen-bond acceptors (Lipinski definition) is 7. The van der Waals surface area contributed by atoms with E-state index in [9.17, 15) is 9.59 Å². The Hall–Kier alpha value is -3.49. The molecule has 0 saturated carbocycles. The fourth-order valence-corrected chi connectivity index (χ4v) is 3.60. The first kappa shape index (κ1) is 20.8. The Labute approximate surface area is 179 Å². The minimum Gasteiger partial charge on any atom is -0.495 e. The van der Waals surface area contributed by atoms with Gasteiger partial charge in [0.2, 0.25) is 0 Å². The largest absolute Gasteiger partial charge is 0.495 e. The van der Waals surface area contributed by atoms with Crippen LogP contribution in [0.5, 0.6) is 5.75 Å². The van der Waals surface area contributed by atoms with Crippen molar-refractivity contribution in [2.75, 3.05) is 7.11 Å². The summed E-state index contributed by atoms with van der Waals surface area (Å²) in [6.45, 7) is 5.50. The lowest BCUT2D eigenvalue weighted by atomic mass is 9.91. The van der Waals surface area contributed by atoms with Gasteiger partial charge in [-0.2, -0.15) is 0 Å². The average Bonchev–Trinajstić information content (AvgIpc) is 2.71. The quantitative estimate of drug-likeness (QED) is 0.665. The topological polar surface area (TPSA) is 119 Å². The number of rotatable bonds is 3. The van der Waals surface area contributed by atoms with Crippen LogP contribution in [0, 0.1) is 0 Å². The SMILES string of the molecule is COc1cnc2nc(-c3cnc4c(c3)CCC(NC(=O)OC(C)(C)C)C4)c(=O)[nH]c2c1. The van der Waals surface area contributed by atoms with Crippen molar-refractivity contribution >= 4 is 17.3 Å². The van der Waals surface area contributed by atoms with E-state index in [-0.39, 0.29) is 17.3 Å². The first-order valence-corrected chi connectivity index (χ1v) is 10.1. The van der Waals surface area contributed by atoms with Gasteiger partial charge in [0, 0.05) is 36.0 Å². The van der Waals surface area contributed by atoms with Crippen molar-refractivity contribution in [1.29, 1.82) is 0 Å². The van der Waals surface area contributed by atoms with Crippen LogP contribution in [0.4, 0.5) is 4.79 Å². The summed E-state index contributed by atoms with van der Waals surface area (Å²) in [6, 6.07) is 3.59. The molecule has 4 rings (SSSR count). The number of aryl methyl sites for hydroxylation is 1. The molecular formula is C22H25N5O4. The highest BCUT2D eigenvalue weighted by Crippen LogP contribution is 2.25. The number of nitrogens with one attached hydrogen (secondary N) is 2. The number of H-pyrrole nitrogens is 1. The van der Waals surface area contributed by atoms with Gasteiger partial charge in [0.15, 0.2) is 5.65 Å². The van der Waals surface area contributed by atoms with Crippen LogP contribution in [-0.2, 0) is 17.6 Å². The normalized spacial score (nSPS) is 15.9. The molecule has 1 aliphatic carbocycles. The molecule has 0 aromatic carbocycles. The molecule has 31 heavy (non-hydrogen) atoms. The third kappa shape index (κ3) is 4.65. The van der Waals surface area contributed by atoms with E-state index in [4.69, 9.17) is 9.47 Å². The monoisotopic (exact) mass is 423 g/mol. The van der Waals surface area contributed by atoms with Gasteiger partial charge in [-0.1, -0.05) is 0 Å². The van der Waals surface area contributed by atoms with Crippen LogP contribution < -0.4 is 15.6 Å². The van der Waals surface area contributed by atoms with Gasteiger partial charge in [0.05, 0.1) is 18.8 Å². The third-order valence-electron chi connectivity index (χ3n) is 5.01. The van der Waals surface area contributed by atoms with Crippen molar-refractivity contribution in [2.45, 2.75) is 51.7 Å². The number of alkyl carbamates (subject to hydrolysis) is 1. The van der Waals surface area contributed by atoms with E-state index in [0.717, 1.165) is 24.1 Å². The Morgan fingerprint density at radius 2 is 2.03 bits per heavy atom. The predicted octanol–water partition coefficient (Wildman–Crippen LogP) is 2.77. The Morgan fingerprint density at radius 1 is 1.23 bits per heavy atom. The van der Waals surface area contributed by atoms with Crippen LogP contribution in [0.1, 0.15) is 38.4 Å². The van der Waals surface area contributed by atoms with E-state index in [2.05, 4.69) is 25.3 Å². The van der Waals surface area contributed by atoms with Crippen molar-refractivity contribution in [3.05, 3.63) is 46.1 Å². The maximum Gasteiger partial charge on any atom is 0.407 e. The molecule has 0 aliphatic heterocycles. The summed E-state index contributed by atoms with van der Waals surface area (Å²) in [4.78, 5) is 40.7. The standard InChI is InChI=1S/C22H25N5O4/c1-22(2,3)31-21(29)25-14-6-5-12-7-13(10-23-16(12)8-14)18-20(28)26-17-9-15(30-4)11-24-19(17)27-18/h7,9-11,14H,5-6,8H2,1-4H3,(H,25,29)(H,26,28). The average molecular weight is 423 g/mol. The summed E-state index contributed by atoms with van der Waals surface area (Å²) < 4.78 is 10.5. The van der Waals surface area contributed by atoms with Crippen LogP contribution >= 0.6 is 0 Å². The summed E-state index contributed by atoms with van der Waals surface area (Å²) >= 11 is 0. The fraction of sp³-hybridized carbons (Fsp3) is 0.409. The zero-order valence-electron chi connectivity index (χ0n) is 18.0. The minimum absolute atomic E-state index is 0.0397. The summed E-state index contributed by atoms with van der Waals surface area (Å²) in [7, 11) is 1.54. The molecule has 3 aromatic heterocycles. The molecule has 0 saturated heterocycles. The molecule has 1 amide bonds. The van der Waals surface area contributed by atoms with E-state index in [1.165, 1.54) is 7.11 Å². The predicted molar refractivity (Wildman–Crippen MR) is 115 cm³/mol. The number of pyridine rings is 2. The lowest BCUT2D eigenvalue weighted by Crippen LogP contribution is -2.42. The van der Waals surface area contributed by atoms with Gasteiger partial charge >= 0.3 is 6.09 Å². The molecule has 162 valence electrons.